The summed E-state index contributed by atoms with van der Waals surface area (Å²) in [4.78, 5) is 29.6. The summed E-state index contributed by atoms with van der Waals surface area (Å²) in [6, 6.07) is 10.2. The lowest BCUT2D eigenvalue weighted by atomic mass is 10.1. The topological polar surface area (TPSA) is 108 Å². The molecule has 1 aliphatic rings. The Morgan fingerprint density at radius 1 is 1.24 bits per heavy atom. The van der Waals surface area contributed by atoms with Gasteiger partial charge in [0.2, 0.25) is 21.8 Å². The number of hydrogen-bond acceptors (Lipinski definition) is 5. The van der Waals surface area contributed by atoms with Crippen molar-refractivity contribution in [3.63, 3.8) is 0 Å². The molecule has 0 fully saturated rings. The van der Waals surface area contributed by atoms with Gasteiger partial charge in [-0.15, -0.1) is 0 Å². The van der Waals surface area contributed by atoms with Crippen molar-refractivity contribution in [1.29, 1.82) is 0 Å². The molecule has 3 rings (SSSR count). The second-order valence-corrected chi connectivity index (χ2v) is 8.75. The largest absolute Gasteiger partial charge is 0.350 e. The minimum atomic E-state index is -3.75. The van der Waals surface area contributed by atoms with Crippen LogP contribution < -0.4 is 14.9 Å². The summed E-state index contributed by atoms with van der Waals surface area (Å²) in [5, 5.41) is 2.71. The number of carbonyl (C=O) groups is 2. The number of anilines is 1. The van der Waals surface area contributed by atoms with Crippen molar-refractivity contribution in [3.8, 4) is 0 Å². The van der Waals surface area contributed by atoms with Gasteiger partial charge in [-0.05, 0) is 49.2 Å². The highest BCUT2D eigenvalue weighted by Gasteiger charge is 2.30. The molecule has 9 heteroatoms. The van der Waals surface area contributed by atoms with Gasteiger partial charge in [-0.25, -0.2) is 13.1 Å². The molecule has 1 aliphatic heterocycles. The van der Waals surface area contributed by atoms with E-state index in [-0.39, 0.29) is 35.7 Å². The minimum Gasteiger partial charge on any atom is -0.350 e. The molecule has 1 aromatic heterocycles. The van der Waals surface area contributed by atoms with E-state index in [2.05, 4.69) is 15.0 Å². The van der Waals surface area contributed by atoms with Crippen LogP contribution in [0.5, 0.6) is 0 Å². The number of carbonyl (C=O) groups excluding carboxylic acids is 2. The van der Waals surface area contributed by atoms with Gasteiger partial charge in [-0.2, -0.15) is 0 Å². The SMILES string of the molecule is CC(=O)N1c2ccc(S(=O)(=O)NCCC(=O)NCc3ccccn3)cc2C[C@@H]1C. The zero-order valence-corrected chi connectivity index (χ0v) is 17.2. The Hall–Kier alpha value is -2.78. The number of fused-ring (bicyclic) bond motifs is 1. The molecule has 2 amide bonds. The quantitative estimate of drug-likeness (QED) is 0.709. The molecule has 8 nitrogen and oxygen atoms in total. The van der Waals surface area contributed by atoms with Gasteiger partial charge in [0.15, 0.2) is 0 Å². The highest BCUT2D eigenvalue weighted by atomic mass is 32.2. The third kappa shape index (κ3) is 4.99. The number of rotatable bonds is 7. The molecule has 0 radical (unpaired) electrons. The third-order valence-corrected chi connectivity index (χ3v) is 6.21. The van der Waals surface area contributed by atoms with Crippen LogP contribution in [0.1, 0.15) is 31.5 Å². The maximum Gasteiger partial charge on any atom is 0.240 e. The summed E-state index contributed by atoms with van der Waals surface area (Å²) in [7, 11) is -3.75. The molecule has 0 saturated carbocycles. The number of aromatic nitrogens is 1. The van der Waals surface area contributed by atoms with E-state index in [4.69, 9.17) is 0 Å². The number of benzene rings is 1. The van der Waals surface area contributed by atoms with E-state index >= 15 is 0 Å². The molecular formula is C20H24N4O4S. The fourth-order valence-corrected chi connectivity index (χ4v) is 4.50. The lowest BCUT2D eigenvalue weighted by Gasteiger charge is -2.20. The maximum absolute atomic E-state index is 12.6. The maximum atomic E-state index is 12.6. The molecule has 1 aromatic carbocycles. The molecule has 2 N–H and O–H groups in total. The highest BCUT2D eigenvalue weighted by molar-refractivity contribution is 7.89. The van der Waals surface area contributed by atoms with Crippen LogP contribution in [0.3, 0.4) is 0 Å². The van der Waals surface area contributed by atoms with E-state index in [9.17, 15) is 18.0 Å². The van der Waals surface area contributed by atoms with Gasteiger partial charge in [0.05, 0.1) is 17.1 Å². The summed E-state index contributed by atoms with van der Waals surface area (Å²) in [6.45, 7) is 3.71. The average molecular weight is 417 g/mol. The molecule has 1 atom stereocenters. The van der Waals surface area contributed by atoms with E-state index in [1.807, 2.05) is 13.0 Å². The van der Waals surface area contributed by atoms with Gasteiger partial charge in [0.1, 0.15) is 0 Å². The Kier molecular flexibility index (Phi) is 6.29. The monoisotopic (exact) mass is 416 g/mol. The molecule has 154 valence electrons. The van der Waals surface area contributed by atoms with Gasteiger partial charge in [0, 0.05) is 37.8 Å². The van der Waals surface area contributed by atoms with Crippen LogP contribution >= 0.6 is 0 Å². The normalized spacial score (nSPS) is 15.8. The van der Waals surface area contributed by atoms with Gasteiger partial charge in [-0.3, -0.25) is 14.6 Å². The van der Waals surface area contributed by atoms with E-state index < -0.39 is 10.0 Å². The zero-order chi connectivity index (χ0) is 21.0. The molecule has 0 unspecified atom stereocenters. The van der Waals surface area contributed by atoms with Crippen LogP contribution in [0.15, 0.2) is 47.5 Å². The second kappa shape index (κ2) is 8.71. The lowest BCUT2D eigenvalue weighted by molar-refractivity contribution is -0.121. The number of amides is 2. The van der Waals surface area contributed by atoms with Gasteiger partial charge in [-0.1, -0.05) is 6.07 Å². The van der Waals surface area contributed by atoms with Crippen molar-refractivity contribution >= 4 is 27.5 Å². The Labute approximate surface area is 170 Å². The van der Waals surface area contributed by atoms with E-state index in [1.165, 1.54) is 13.0 Å². The number of nitrogens with one attached hydrogen (secondary N) is 2. The zero-order valence-electron chi connectivity index (χ0n) is 16.4. The Morgan fingerprint density at radius 3 is 2.72 bits per heavy atom. The molecule has 0 saturated heterocycles. The van der Waals surface area contributed by atoms with Gasteiger partial charge >= 0.3 is 0 Å². The smallest absolute Gasteiger partial charge is 0.240 e. The molecular weight excluding hydrogens is 392 g/mol. The van der Waals surface area contributed by atoms with Crippen molar-refractivity contribution in [3.05, 3.63) is 53.9 Å². The number of sulfonamides is 1. The summed E-state index contributed by atoms with van der Waals surface area (Å²) in [5.41, 5.74) is 2.30. The van der Waals surface area contributed by atoms with Gasteiger partial charge < -0.3 is 10.2 Å². The minimum absolute atomic E-state index is 0.00351. The number of pyridine rings is 1. The van der Waals surface area contributed by atoms with Crippen LogP contribution in [0.2, 0.25) is 0 Å². The van der Waals surface area contributed by atoms with Crippen LogP contribution in [0, 0.1) is 0 Å². The van der Waals surface area contributed by atoms with Crippen molar-refractivity contribution in [1.82, 2.24) is 15.0 Å². The van der Waals surface area contributed by atoms with E-state index in [1.54, 1.807) is 35.4 Å². The first-order valence-corrected chi connectivity index (χ1v) is 10.9. The van der Waals surface area contributed by atoms with Crippen LogP contribution in [-0.4, -0.2) is 37.8 Å². The predicted octanol–water partition coefficient (Wildman–Crippen LogP) is 1.36. The summed E-state index contributed by atoms with van der Waals surface area (Å²) >= 11 is 0. The lowest BCUT2D eigenvalue weighted by Crippen LogP contribution is -2.33. The fraction of sp³-hybridized carbons (Fsp3) is 0.350. The summed E-state index contributed by atoms with van der Waals surface area (Å²) in [5.74, 6) is -0.333. The second-order valence-electron chi connectivity index (χ2n) is 6.98. The summed E-state index contributed by atoms with van der Waals surface area (Å²) < 4.78 is 27.6. The standard InChI is InChI=1S/C20H24N4O4S/c1-14-11-16-12-18(6-7-19(16)24(14)15(2)25)29(27,28)23-10-8-20(26)22-13-17-5-3-4-9-21-17/h3-7,9,12,14,23H,8,10-11,13H2,1-2H3,(H,22,26)/t14-/m0/s1. The number of nitrogens with zero attached hydrogens (tertiary/aromatic N) is 2. The van der Waals surface area contributed by atoms with Crippen molar-refractivity contribution in [2.75, 3.05) is 11.4 Å². The van der Waals surface area contributed by atoms with Crippen LogP contribution in [0.25, 0.3) is 0 Å². The molecule has 0 bridgehead atoms. The van der Waals surface area contributed by atoms with Gasteiger partial charge in [0.25, 0.3) is 0 Å². The Morgan fingerprint density at radius 2 is 2.03 bits per heavy atom. The molecule has 29 heavy (non-hydrogen) atoms. The van der Waals surface area contributed by atoms with Crippen molar-refractivity contribution < 1.29 is 18.0 Å². The van der Waals surface area contributed by atoms with Crippen LogP contribution in [0.4, 0.5) is 5.69 Å². The highest BCUT2D eigenvalue weighted by Crippen LogP contribution is 2.33. The molecule has 2 heterocycles. The molecule has 2 aromatic rings. The first kappa shape index (κ1) is 20.9. The average Bonchev–Trinajstić information content (AvgIpc) is 3.02. The first-order valence-electron chi connectivity index (χ1n) is 9.37. The molecule has 0 spiro atoms. The first-order chi connectivity index (χ1) is 13.8. The van der Waals surface area contributed by atoms with E-state index in [0.717, 1.165) is 16.9 Å². The fourth-order valence-electron chi connectivity index (χ4n) is 3.42. The van der Waals surface area contributed by atoms with Crippen molar-refractivity contribution in [2.24, 2.45) is 0 Å². The van der Waals surface area contributed by atoms with Crippen molar-refractivity contribution in [2.45, 2.75) is 44.2 Å². The Bertz CT molecular complexity index is 1010. The van der Waals surface area contributed by atoms with Crippen LogP contribution in [-0.2, 0) is 32.6 Å². The molecule has 0 aliphatic carbocycles. The summed E-state index contributed by atoms with van der Waals surface area (Å²) in [6.07, 6.45) is 2.27. The third-order valence-electron chi connectivity index (χ3n) is 4.75. The number of hydrogen-bond donors (Lipinski definition) is 2. The Balaban J connectivity index is 1.56. The van der Waals surface area contributed by atoms with E-state index in [0.29, 0.717) is 13.0 Å². The predicted molar refractivity (Wildman–Crippen MR) is 109 cm³/mol.